The highest BCUT2D eigenvalue weighted by Crippen LogP contribution is 2.33. The number of nitriles is 1. The predicted molar refractivity (Wildman–Crippen MR) is 91.5 cm³/mol. The topological polar surface area (TPSA) is 59.3 Å². The SMILES string of the molecule is CCOC(=O)c1cc([B]OC(C)(C)C(C)(C)P)cc(C#N)c1. The molecule has 4 nitrogen and oxygen atoms in total. The molecule has 1 unspecified atom stereocenters. The van der Waals surface area contributed by atoms with Crippen molar-refractivity contribution >= 4 is 28.2 Å². The highest BCUT2D eigenvalue weighted by Gasteiger charge is 2.33. The van der Waals surface area contributed by atoms with Gasteiger partial charge in [-0.2, -0.15) is 5.26 Å². The van der Waals surface area contributed by atoms with Crippen LogP contribution in [0.2, 0.25) is 0 Å². The van der Waals surface area contributed by atoms with E-state index in [4.69, 9.17) is 14.7 Å². The Morgan fingerprint density at radius 2 is 1.95 bits per heavy atom. The monoisotopic (exact) mass is 318 g/mol. The maximum absolute atomic E-state index is 11.8. The molecule has 0 heterocycles. The second kappa shape index (κ2) is 7.27. The Morgan fingerprint density at radius 3 is 2.45 bits per heavy atom. The summed E-state index contributed by atoms with van der Waals surface area (Å²) in [5.74, 6) is -0.445. The third-order valence-corrected chi connectivity index (χ3v) is 4.33. The van der Waals surface area contributed by atoms with Gasteiger partial charge >= 0.3 is 13.5 Å². The van der Waals surface area contributed by atoms with Crippen LogP contribution >= 0.6 is 9.24 Å². The van der Waals surface area contributed by atoms with Crippen LogP contribution in [0.1, 0.15) is 50.5 Å². The molecule has 117 valence electrons. The molecule has 0 bridgehead atoms. The molecule has 1 aromatic rings. The van der Waals surface area contributed by atoms with Gasteiger partial charge in [0, 0.05) is 5.16 Å². The van der Waals surface area contributed by atoms with Crippen molar-refractivity contribution in [3.05, 3.63) is 29.3 Å². The summed E-state index contributed by atoms with van der Waals surface area (Å²) in [6.45, 7) is 10.1. The van der Waals surface area contributed by atoms with E-state index in [1.807, 2.05) is 19.9 Å². The summed E-state index contributed by atoms with van der Waals surface area (Å²) in [4.78, 5) is 11.8. The molecule has 1 aromatic carbocycles. The molecule has 0 amide bonds. The van der Waals surface area contributed by atoms with Gasteiger partial charge in [0.1, 0.15) is 0 Å². The van der Waals surface area contributed by atoms with Crippen LogP contribution in [0.15, 0.2) is 18.2 Å². The molecule has 22 heavy (non-hydrogen) atoms. The second-order valence-corrected chi connectivity index (χ2v) is 7.59. The fraction of sp³-hybridized carbons (Fsp3) is 0.500. The third kappa shape index (κ3) is 4.83. The van der Waals surface area contributed by atoms with Crippen LogP contribution in [0.3, 0.4) is 0 Å². The molecule has 0 saturated heterocycles. The van der Waals surface area contributed by atoms with Gasteiger partial charge in [-0.25, -0.2) is 4.79 Å². The van der Waals surface area contributed by atoms with E-state index >= 15 is 0 Å². The molecule has 1 rings (SSSR count). The number of rotatable bonds is 6. The van der Waals surface area contributed by atoms with E-state index in [0.717, 1.165) is 0 Å². The Morgan fingerprint density at radius 1 is 1.32 bits per heavy atom. The maximum atomic E-state index is 11.8. The van der Waals surface area contributed by atoms with Crippen molar-refractivity contribution in [3.63, 3.8) is 0 Å². The summed E-state index contributed by atoms with van der Waals surface area (Å²) in [6.07, 6.45) is 0. The van der Waals surface area contributed by atoms with Crippen LogP contribution < -0.4 is 5.46 Å². The van der Waals surface area contributed by atoms with Crippen molar-refractivity contribution in [3.8, 4) is 6.07 Å². The zero-order chi connectivity index (χ0) is 17.0. The van der Waals surface area contributed by atoms with Crippen molar-refractivity contribution in [2.45, 2.75) is 45.4 Å². The number of hydrogen-bond donors (Lipinski definition) is 0. The zero-order valence-corrected chi connectivity index (χ0v) is 14.9. The smallest absolute Gasteiger partial charge is 0.338 e. The van der Waals surface area contributed by atoms with Gasteiger partial charge in [0.15, 0.2) is 0 Å². The molecule has 1 atom stereocenters. The maximum Gasteiger partial charge on any atom is 0.338 e. The summed E-state index contributed by atoms with van der Waals surface area (Å²) in [5.41, 5.74) is 0.969. The highest BCUT2D eigenvalue weighted by atomic mass is 31.0. The van der Waals surface area contributed by atoms with E-state index < -0.39 is 11.6 Å². The van der Waals surface area contributed by atoms with E-state index in [1.54, 1.807) is 26.5 Å². The van der Waals surface area contributed by atoms with Gasteiger partial charge in [-0.3, -0.25) is 0 Å². The first-order valence-electron chi connectivity index (χ1n) is 7.13. The normalized spacial score (nSPS) is 11.7. The average Bonchev–Trinajstić information content (AvgIpc) is 2.44. The minimum atomic E-state index is -0.445. The molecule has 0 aromatic heterocycles. The van der Waals surface area contributed by atoms with Gasteiger partial charge in [0.05, 0.1) is 29.4 Å². The van der Waals surface area contributed by atoms with E-state index in [9.17, 15) is 4.79 Å². The summed E-state index contributed by atoms with van der Waals surface area (Å²) in [7, 11) is 4.34. The summed E-state index contributed by atoms with van der Waals surface area (Å²) < 4.78 is 10.8. The van der Waals surface area contributed by atoms with Crippen molar-refractivity contribution in [2.75, 3.05) is 6.61 Å². The largest absolute Gasteiger partial charge is 0.462 e. The molecule has 0 aliphatic rings. The Labute approximate surface area is 135 Å². The Balaban J connectivity index is 2.99. The van der Waals surface area contributed by atoms with Crippen LogP contribution in [-0.4, -0.2) is 30.8 Å². The molecular weight excluding hydrogens is 296 g/mol. The van der Waals surface area contributed by atoms with Gasteiger partial charge in [-0.1, -0.05) is 25.4 Å². The number of esters is 1. The van der Waals surface area contributed by atoms with Crippen LogP contribution in [0, 0.1) is 11.3 Å². The Hall–Kier alpha value is -1.37. The number of benzene rings is 1. The molecule has 0 aliphatic heterocycles. The number of carbonyl (C=O) groups is 1. The lowest BCUT2D eigenvalue weighted by atomic mass is 9.82. The lowest BCUT2D eigenvalue weighted by Crippen LogP contribution is -2.45. The van der Waals surface area contributed by atoms with Crippen molar-refractivity contribution in [1.82, 2.24) is 0 Å². The minimum absolute atomic E-state index is 0.139. The molecule has 0 saturated carbocycles. The van der Waals surface area contributed by atoms with Crippen LogP contribution in [0.5, 0.6) is 0 Å². The number of ether oxygens (including phenoxy) is 1. The van der Waals surface area contributed by atoms with E-state index in [-0.39, 0.29) is 5.16 Å². The van der Waals surface area contributed by atoms with E-state index in [0.29, 0.717) is 23.2 Å². The molecule has 0 N–H and O–H groups in total. The van der Waals surface area contributed by atoms with Gasteiger partial charge in [0.2, 0.25) is 0 Å². The summed E-state index contributed by atoms with van der Waals surface area (Å²) in [5, 5.41) is 8.96. The third-order valence-electron chi connectivity index (χ3n) is 3.64. The lowest BCUT2D eigenvalue weighted by molar-refractivity contribution is 0.0526. The van der Waals surface area contributed by atoms with Crippen molar-refractivity contribution in [1.29, 1.82) is 5.26 Å². The lowest BCUT2D eigenvalue weighted by Gasteiger charge is -2.39. The number of hydrogen-bond acceptors (Lipinski definition) is 4. The first kappa shape index (κ1) is 18.7. The molecule has 1 radical (unpaired) electrons. The van der Waals surface area contributed by atoms with Crippen LogP contribution in [-0.2, 0) is 9.39 Å². The molecule has 6 heteroatoms. The van der Waals surface area contributed by atoms with Crippen LogP contribution in [0.4, 0.5) is 0 Å². The van der Waals surface area contributed by atoms with Crippen LogP contribution in [0.25, 0.3) is 0 Å². The number of nitrogens with zero attached hydrogens (tertiary/aromatic N) is 1. The Kier molecular flexibility index (Phi) is 6.17. The number of carbonyl (C=O) groups excluding carboxylic acids is 1. The van der Waals surface area contributed by atoms with Gasteiger partial charge in [0.25, 0.3) is 0 Å². The molecular formula is C16H22BNO3P. The minimum Gasteiger partial charge on any atom is -0.462 e. The predicted octanol–water partition coefficient (Wildman–Crippen LogP) is 2.43. The average molecular weight is 318 g/mol. The summed E-state index contributed by atoms with van der Waals surface area (Å²) >= 11 is 0. The quantitative estimate of drug-likeness (QED) is 0.459. The zero-order valence-electron chi connectivity index (χ0n) is 13.8. The molecule has 0 aliphatic carbocycles. The molecule has 0 fully saturated rings. The van der Waals surface area contributed by atoms with Crippen molar-refractivity contribution in [2.24, 2.45) is 0 Å². The first-order chi connectivity index (χ1) is 10.1. The fourth-order valence-electron chi connectivity index (χ4n) is 1.48. The molecule has 0 spiro atoms. The standard InChI is InChI=1S/C16H22BNO3P/c1-6-20-14(19)12-7-11(10-18)8-13(9-12)17-21-15(2,3)16(4,5)22/h7-9H,6,22H2,1-5H3. The second-order valence-electron chi connectivity index (χ2n) is 6.14. The first-order valence-corrected chi connectivity index (χ1v) is 7.70. The van der Waals surface area contributed by atoms with E-state index in [1.165, 1.54) is 6.07 Å². The summed E-state index contributed by atoms with van der Waals surface area (Å²) in [6, 6.07) is 6.89. The van der Waals surface area contributed by atoms with Gasteiger partial charge in [-0.15, -0.1) is 9.24 Å². The van der Waals surface area contributed by atoms with Crippen molar-refractivity contribution < 1.29 is 14.2 Å². The van der Waals surface area contributed by atoms with Gasteiger partial charge < -0.3 is 9.39 Å². The van der Waals surface area contributed by atoms with Gasteiger partial charge in [-0.05, 0) is 32.9 Å². The fourth-order valence-corrected chi connectivity index (χ4v) is 1.55. The highest BCUT2D eigenvalue weighted by molar-refractivity contribution is 7.19. The Bertz CT molecular complexity index is 588. The van der Waals surface area contributed by atoms with E-state index in [2.05, 4.69) is 23.1 Å².